The van der Waals surface area contributed by atoms with Crippen molar-refractivity contribution < 1.29 is 16.8 Å². The van der Waals surface area contributed by atoms with Crippen molar-refractivity contribution in [2.75, 3.05) is 35.5 Å². The Bertz CT molecular complexity index is 306. The zero-order chi connectivity index (χ0) is 11.2. The van der Waals surface area contributed by atoms with Crippen LogP contribution in [-0.2, 0) is 19.7 Å². The second-order valence-electron chi connectivity index (χ2n) is 2.90. The molecule has 0 saturated heterocycles. The van der Waals surface area contributed by atoms with Gasteiger partial charge in [-0.05, 0) is 0 Å². The average Bonchev–Trinajstić information content (AvgIpc) is 1.92. The summed E-state index contributed by atoms with van der Waals surface area (Å²) in [4.78, 5) is 0. The molecule has 0 amide bonds. The zero-order valence-electron chi connectivity index (χ0n) is 8.09. The van der Waals surface area contributed by atoms with Crippen molar-refractivity contribution in [2.45, 2.75) is 0 Å². The molecule has 8 heteroatoms. The van der Waals surface area contributed by atoms with Crippen LogP contribution in [0.1, 0.15) is 0 Å². The summed E-state index contributed by atoms with van der Waals surface area (Å²) >= 11 is 0. The molecular formula is C6H14O4S4. The van der Waals surface area contributed by atoms with E-state index in [4.69, 9.17) is 0 Å². The molecule has 0 atom stereocenters. The molecule has 86 valence electrons. The number of sulfone groups is 2. The molecule has 0 spiro atoms. The first-order valence-electron chi connectivity index (χ1n) is 3.80. The summed E-state index contributed by atoms with van der Waals surface area (Å²) in [7, 11) is -3.00. The Morgan fingerprint density at radius 2 is 1.07 bits per heavy atom. The van der Waals surface area contributed by atoms with Crippen LogP contribution in [0.3, 0.4) is 0 Å². The van der Waals surface area contributed by atoms with Gasteiger partial charge in [-0.2, -0.15) is 0 Å². The smallest absolute Gasteiger partial charge is 0.148 e. The largest absolute Gasteiger partial charge is 0.229 e. The van der Waals surface area contributed by atoms with E-state index in [2.05, 4.69) is 0 Å². The maximum Gasteiger partial charge on any atom is 0.148 e. The lowest BCUT2D eigenvalue weighted by Gasteiger charge is -1.99. The highest BCUT2D eigenvalue weighted by Crippen LogP contribution is 2.21. The van der Waals surface area contributed by atoms with Crippen molar-refractivity contribution in [1.29, 1.82) is 0 Å². The molecular weight excluding hydrogens is 264 g/mol. The van der Waals surface area contributed by atoms with Gasteiger partial charge in [0.2, 0.25) is 0 Å². The first kappa shape index (κ1) is 14.6. The molecule has 0 aliphatic heterocycles. The van der Waals surface area contributed by atoms with E-state index >= 15 is 0 Å². The van der Waals surface area contributed by atoms with E-state index in [9.17, 15) is 16.8 Å². The molecule has 0 aromatic carbocycles. The Labute approximate surface area is 93.5 Å². The SMILES string of the molecule is CS(=O)(=O)CCSSCCS(C)(=O)=O. The Balaban J connectivity index is 3.41. The topological polar surface area (TPSA) is 68.3 Å². The maximum absolute atomic E-state index is 10.7. The standard InChI is InChI=1S/C6H14O4S4/c1-13(7,8)5-3-11-12-4-6-14(2,9)10/h3-6H2,1-2H3. The van der Waals surface area contributed by atoms with Crippen LogP contribution in [0.2, 0.25) is 0 Å². The summed E-state index contributed by atoms with van der Waals surface area (Å²) in [6.07, 6.45) is 2.38. The lowest BCUT2D eigenvalue weighted by Crippen LogP contribution is -2.06. The number of rotatable bonds is 7. The van der Waals surface area contributed by atoms with Crippen LogP contribution in [0.4, 0.5) is 0 Å². The predicted molar refractivity (Wildman–Crippen MR) is 64.3 cm³/mol. The minimum Gasteiger partial charge on any atom is -0.229 e. The fraction of sp³-hybridized carbons (Fsp3) is 1.00. The highest BCUT2D eigenvalue weighted by molar-refractivity contribution is 8.76. The van der Waals surface area contributed by atoms with Gasteiger partial charge in [0.1, 0.15) is 19.7 Å². The Morgan fingerprint density at radius 3 is 1.29 bits per heavy atom. The molecule has 0 fully saturated rings. The average molecular weight is 278 g/mol. The third kappa shape index (κ3) is 12.6. The highest BCUT2D eigenvalue weighted by atomic mass is 33.1. The molecule has 14 heavy (non-hydrogen) atoms. The first-order valence-corrected chi connectivity index (χ1v) is 10.4. The summed E-state index contributed by atoms with van der Waals surface area (Å²) in [6.45, 7) is 0. The monoisotopic (exact) mass is 278 g/mol. The van der Waals surface area contributed by atoms with E-state index in [0.717, 1.165) is 0 Å². The minimum absolute atomic E-state index is 0.142. The quantitative estimate of drug-likeness (QED) is 0.498. The van der Waals surface area contributed by atoms with E-state index in [0.29, 0.717) is 11.5 Å². The predicted octanol–water partition coefficient (Wildman–Crippen LogP) is 0.457. The fourth-order valence-electron chi connectivity index (χ4n) is 0.489. The molecule has 0 rings (SSSR count). The molecule has 0 aromatic heterocycles. The van der Waals surface area contributed by atoms with Crippen LogP contribution >= 0.6 is 21.6 Å². The number of hydrogen-bond acceptors (Lipinski definition) is 6. The van der Waals surface area contributed by atoms with Gasteiger partial charge in [0.15, 0.2) is 0 Å². The van der Waals surface area contributed by atoms with Gasteiger partial charge < -0.3 is 0 Å². The van der Waals surface area contributed by atoms with Crippen molar-refractivity contribution in [2.24, 2.45) is 0 Å². The summed E-state index contributed by atoms with van der Waals surface area (Å²) in [5, 5.41) is 0. The third-order valence-corrected chi connectivity index (χ3v) is 5.97. The van der Waals surface area contributed by atoms with Crippen molar-refractivity contribution in [3.8, 4) is 0 Å². The minimum atomic E-state index is -2.89. The van der Waals surface area contributed by atoms with Gasteiger partial charge in [-0.1, -0.05) is 21.6 Å². The second kappa shape index (κ2) is 6.24. The normalized spacial score (nSPS) is 13.0. The Kier molecular flexibility index (Phi) is 6.51. The molecule has 0 radical (unpaired) electrons. The molecule has 0 saturated carbocycles. The van der Waals surface area contributed by atoms with E-state index < -0.39 is 19.7 Å². The van der Waals surface area contributed by atoms with E-state index in [1.54, 1.807) is 0 Å². The van der Waals surface area contributed by atoms with Gasteiger partial charge in [-0.15, -0.1) is 0 Å². The molecule has 0 heterocycles. The van der Waals surface area contributed by atoms with Crippen LogP contribution in [-0.4, -0.2) is 52.4 Å². The molecule has 0 aromatic rings. The maximum atomic E-state index is 10.7. The summed E-state index contributed by atoms with van der Waals surface area (Å²) < 4.78 is 42.8. The van der Waals surface area contributed by atoms with Crippen LogP contribution < -0.4 is 0 Å². The van der Waals surface area contributed by atoms with Gasteiger partial charge in [0.25, 0.3) is 0 Å². The zero-order valence-corrected chi connectivity index (χ0v) is 11.4. The van der Waals surface area contributed by atoms with Crippen LogP contribution in [0.15, 0.2) is 0 Å². The summed E-state index contributed by atoms with van der Waals surface area (Å²) in [6, 6.07) is 0. The first-order chi connectivity index (χ1) is 6.21. The summed E-state index contributed by atoms with van der Waals surface area (Å²) in [5.41, 5.74) is 0. The van der Waals surface area contributed by atoms with E-state index in [-0.39, 0.29) is 11.5 Å². The van der Waals surface area contributed by atoms with E-state index in [1.165, 1.54) is 34.1 Å². The Morgan fingerprint density at radius 1 is 0.786 bits per heavy atom. The third-order valence-electron chi connectivity index (χ3n) is 1.16. The van der Waals surface area contributed by atoms with Crippen molar-refractivity contribution in [1.82, 2.24) is 0 Å². The molecule has 0 unspecified atom stereocenters. The molecule has 4 nitrogen and oxygen atoms in total. The van der Waals surface area contributed by atoms with Gasteiger partial charge in [-0.25, -0.2) is 16.8 Å². The number of hydrogen-bond donors (Lipinski definition) is 0. The van der Waals surface area contributed by atoms with Crippen molar-refractivity contribution >= 4 is 41.3 Å². The van der Waals surface area contributed by atoms with Crippen LogP contribution in [0.5, 0.6) is 0 Å². The molecule has 0 aliphatic rings. The van der Waals surface area contributed by atoms with Crippen LogP contribution in [0, 0.1) is 0 Å². The lowest BCUT2D eigenvalue weighted by molar-refractivity contribution is 0.601. The van der Waals surface area contributed by atoms with Gasteiger partial charge in [-0.3, -0.25) is 0 Å². The van der Waals surface area contributed by atoms with Crippen LogP contribution in [0.25, 0.3) is 0 Å². The van der Waals surface area contributed by atoms with Crippen molar-refractivity contribution in [3.63, 3.8) is 0 Å². The van der Waals surface area contributed by atoms with Crippen molar-refractivity contribution in [3.05, 3.63) is 0 Å². The highest BCUT2D eigenvalue weighted by Gasteiger charge is 2.04. The summed E-state index contributed by atoms with van der Waals surface area (Å²) in [5.74, 6) is 1.30. The van der Waals surface area contributed by atoms with E-state index in [1.807, 2.05) is 0 Å². The molecule has 0 bridgehead atoms. The van der Waals surface area contributed by atoms with Gasteiger partial charge in [0.05, 0.1) is 11.5 Å². The van der Waals surface area contributed by atoms with Gasteiger partial charge in [0, 0.05) is 24.0 Å². The lowest BCUT2D eigenvalue weighted by atomic mass is 11.0. The molecule has 0 N–H and O–H groups in total. The fourth-order valence-corrected chi connectivity index (χ4v) is 5.62. The molecule has 0 aliphatic carbocycles. The second-order valence-corrected chi connectivity index (χ2v) is 10.1. The Hall–Kier alpha value is 0.600. The van der Waals surface area contributed by atoms with Gasteiger partial charge >= 0.3 is 0 Å².